The molecule has 4 nitrogen and oxygen atoms in total. The van der Waals surface area contributed by atoms with E-state index in [9.17, 15) is 4.79 Å². The Morgan fingerprint density at radius 1 is 1.40 bits per heavy atom. The van der Waals surface area contributed by atoms with E-state index in [-0.39, 0.29) is 0 Å². The molecule has 2 N–H and O–H groups in total. The summed E-state index contributed by atoms with van der Waals surface area (Å²) in [5.41, 5.74) is 6.92. The zero-order valence-electron chi connectivity index (χ0n) is 7.96. The second-order valence-electron chi connectivity index (χ2n) is 3.10. The number of hydrogen-bond donors (Lipinski definition) is 1. The zero-order chi connectivity index (χ0) is 10.8. The number of aldehydes is 1. The van der Waals surface area contributed by atoms with E-state index in [1.54, 1.807) is 6.07 Å². The lowest BCUT2D eigenvalue weighted by Crippen LogP contribution is -2.19. The maximum atomic E-state index is 10.8. The highest BCUT2D eigenvalue weighted by molar-refractivity contribution is 9.10. The number of carbonyl (C=O) groups is 1. The monoisotopic (exact) mass is 271 g/mol. The number of ether oxygens (including phenoxy) is 2. The molecule has 0 unspecified atom stereocenters. The first-order valence-corrected chi connectivity index (χ1v) is 5.33. The Labute approximate surface area is 95.5 Å². The van der Waals surface area contributed by atoms with Gasteiger partial charge in [-0.1, -0.05) is 15.9 Å². The van der Waals surface area contributed by atoms with Crippen molar-refractivity contribution in [2.24, 2.45) is 5.73 Å². The molecule has 80 valence electrons. The standard InChI is InChI=1S/C10H10BrNO3/c11-8-3-6(5-13)9-10(7(8)4-12)15-2-1-14-9/h3,5H,1-2,4,12H2. The third kappa shape index (κ3) is 1.72. The van der Waals surface area contributed by atoms with Crippen LogP contribution in [0.25, 0.3) is 0 Å². The van der Waals surface area contributed by atoms with Crippen LogP contribution in [0.5, 0.6) is 11.5 Å². The third-order valence-electron chi connectivity index (χ3n) is 2.22. The molecule has 0 saturated carbocycles. The van der Waals surface area contributed by atoms with Gasteiger partial charge in [0.2, 0.25) is 0 Å². The van der Waals surface area contributed by atoms with Crippen LogP contribution in [0.3, 0.4) is 0 Å². The molecular weight excluding hydrogens is 262 g/mol. The lowest BCUT2D eigenvalue weighted by atomic mass is 10.1. The maximum absolute atomic E-state index is 10.8. The molecule has 0 aromatic heterocycles. The van der Waals surface area contributed by atoms with E-state index in [4.69, 9.17) is 15.2 Å². The summed E-state index contributed by atoms with van der Waals surface area (Å²) in [7, 11) is 0. The van der Waals surface area contributed by atoms with Crippen LogP contribution < -0.4 is 15.2 Å². The summed E-state index contributed by atoms with van der Waals surface area (Å²) < 4.78 is 11.7. The maximum Gasteiger partial charge on any atom is 0.172 e. The molecule has 1 heterocycles. The number of nitrogens with two attached hydrogens (primary N) is 1. The second-order valence-corrected chi connectivity index (χ2v) is 3.96. The highest BCUT2D eigenvalue weighted by Crippen LogP contribution is 2.40. The fraction of sp³-hybridized carbons (Fsp3) is 0.300. The Kier molecular flexibility index (Phi) is 2.93. The molecule has 1 aliphatic rings. The molecule has 15 heavy (non-hydrogen) atoms. The minimum absolute atomic E-state index is 0.339. The van der Waals surface area contributed by atoms with Crippen LogP contribution >= 0.6 is 15.9 Å². The van der Waals surface area contributed by atoms with Gasteiger partial charge in [-0.25, -0.2) is 0 Å². The molecule has 0 spiro atoms. The molecule has 0 atom stereocenters. The number of hydrogen-bond acceptors (Lipinski definition) is 4. The average Bonchev–Trinajstić information content (AvgIpc) is 2.28. The first-order valence-electron chi connectivity index (χ1n) is 4.54. The van der Waals surface area contributed by atoms with E-state index in [2.05, 4.69) is 15.9 Å². The molecule has 0 radical (unpaired) electrons. The van der Waals surface area contributed by atoms with Crippen molar-refractivity contribution in [2.75, 3.05) is 13.2 Å². The van der Waals surface area contributed by atoms with Crippen LogP contribution in [0.1, 0.15) is 15.9 Å². The van der Waals surface area contributed by atoms with Crippen molar-refractivity contribution in [1.82, 2.24) is 0 Å². The number of fused-ring (bicyclic) bond motifs is 1. The van der Waals surface area contributed by atoms with Crippen LogP contribution in [0, 0.1) is 0 Å². The van der Waals surface area contributed by atoms with Gasteiger partial charge in [0.1, 0.15) is 13.2 Å². The molecule has 0 aliphatic carbocycles. The fourth-order valence-corrected chi connectivity index (χ4v) is 2.12. The van der Waals surface area contributed by atoms with Gasteiger partial charge in [0.15, 0.2) is 17.8 Å². The molecule has 1 aliphatic heterocycles. The van der Waals surface area contributed by atoms with E-state index in [1.807, 2.05) is 0 Å². The Morgan fingerprint density at radius 3 is 2.67 bits per heavy atom. The van der Waals surface area contributed by atoms with Crippen molar-refractivity contribution in [3.05, 3.63) is 21.7 Å². The molecule has 1 aromatic rings. The summed E-state index contributed by atoms with van der Waals surface area (Å²) in [5.74, 6) is 1.08. The van der Waals surface area contributed by atoms with E-state index in [0.717, 1.165) is 16.3 Å². The molecule has 0 saturated heterocycles. The van der Waals surface area contributed by atoms with Gasteiger partial charge in [-0.15, -0.1) is 0 Å². The van der Waals surface area contributed by atoms with Gasteiger partial charge < -0.3 is 15.2 Å². The van der Waals surface area contributed by atoms with Crippen molar-refractivity contribution in [2.45, 2.75) is 6.54 Å². The minimum Gasteiger partial charge on any atom is -0.486 e. The summed E-state index contributed by atoms with van der Waals surface area (Å²) in [4.78, 5) is 10.8. The highest BCUT2D eigenvalue weighted by Gasteiger charge is 2.21. The molecule has 0 amide bonds. The van der Waals surface area contributed by atoms with Crippen LogP contribution in [0.15, 0.2) is 10.5 Å². The summed E-state index contributed by atoms with van der Waals surface area (Å²) in [5, 5.41) is 0. The SMILES string of the molecule is NCc1c(Br)cc(C=O)c2c1OCCO2. The van der Waals surface area contributed by atoms with E-state index >= 15 is 0 Å². The topological polar surface area (TPSA) is 61.6 Å². The van der Waals surface area contributed by atoms with Gasteiger partial charge in [0.25, 0.3) is 0 Å². The molecule has 1 aromatic carbocycles. The predicted octanol–water partition coefficient (Wildman–Crippen LogP) is 1.49. The van der Waals surface area contributed by atoms with Crippen LogP contribution in [0.4, 0.5) is 0 Å². The van der Waals surface area contributed by atoms with Gasteiger partial charge >= 0.3 is 0 Å². The average molecular weight is 272 g/mol. The van der Waals surface area contributed by atoms with Crippen LogP contribution in [-0.2, 0) is 6.54 Å². The van der Waals surface area contributed by atoms with E-state index in [1.165, 1.54) is 0 Å². The van der Waals surface area contributed by atoms with E-state index < -0.39 is 0 Å². The Hall–Kier alpha value is -1.07. The van der Waals surface area contributed by atoms with Gasteiger partial charge in [-0.2, -0.15) is 0 Å². The van der Waals surface area contributed by atoms with Crippen LogP contribution in [0.2, 0.25) is 0 Å². The summed E-state index contributed by atoms with van der Waals surface area (Å²) in [6.45, 7) is 1.28. The molecule has 0 fully saturated rings. The third-order valence-corrected chi connectivity index (χ3v) is 2.93. The number of halogens is 1. The minimum atomic E-state index is 0.339. The number of carbonyl (C=O) groups excluding carboxylic acids is 1. The molecular formula is C10H10BrNO3. The normalized spacial score (nSPS) is 13.7. The second kappa shape index (κ2) is 4.20. The lowest BCUT2D eigenvalue weighted by molar-refractivity contribution is 0.111. The summed E-state index contributed by atoms with van der Waals surface area (Å²) in [6, 6.07) is 1.70. The van der Waals surface area contributed by atoms with Crippen molar-refractivity contribution in [1.29, 1.82) is 0 Å². The zero-order valence-corrected chi connectivity index (χ0v) is 9.54. The quantitative estimate of drug-likeness (QED) is 0.828. The Morgan fingerprint density at radius 2 is 2.07 bits per heavy atom. The first-order chi connectivity index (χ1) is 7.27. The Balaban J connectivity index is 2.65. The Bertz CT molecular complexity index is 406. The molecule has 5 heteroatoms. The number of rotatable bonds is 2. The van der Waals surface area contributed by atoms with Crippen molar-refractivity contribution < 1.29 is 14.3 Å². The van der Waals surface area contributed by atoms with Gasteiger partial charge in [0.05, 0.1) is 5.56 Å². The number of benzene rings is 1. The van der Waals surface area contributed by atoms with Gasteiger partial charge in [0, 0.05) is 16.6 Å². The van der Waals surface area contributed by atoms with Crippen molar-refractivity contribution in [3.63, 3.8) is 0 Å². The van der Waals surface area contributed by atoms with Crippen molar-refractivity contribution >= 4 is 22.2 Å². The molecule has 0 bridgehead atoms. The van der Waals surface area contributed by atoms with Gasteiger partial charge in [-0.05, 0) is 6.07 Å². The predicted molar refractivity (Wildman–Crippen MR) is 58.4 cm³/mol. The first kappa shape index (κ1) is 10.4. The molecule has 2 rings (SSSR count). The van der Waals surface area contributed by atoms with Gasteiger partial charge in [-0.3, -0.25) is 4.79 Å². The van der Waals surface area contributed by atoms with Crippen LogP contribution in [-0.4, -0.2) is 19.5 Å². The smallest absolute Gasteiger partial charge is 0.172 e. The summed E-state index contributed by atoms with van der Waals surface area (Å²) in [6.07, 6.45) is 0.749. The van der Waals surface area contributed by atoms with E-state index in [0.29, 0.717) is 36.8 Å². The lowest BCUT2D eigenvalue weighted by Gasteiger charge is -2.22. The fourth-order valence-electron chi connectivity index (χ4n) is 1.53. The highest BCUT2D eigenvalue weighted by atomic mass is 79.9. The van der Waals surface area contributed by atoms with Crippen molar-refractivity contribution in [3.8, 4) is 11.5 Å². The largest absolute Gasteiger partial charge is 0.486 e. The summed E-state index contributed by atoms with van der Waals surface area (Å²) >= 11 is 3.35.